The maximum absolute atomic E-state index is 12.4. The fraction of sp³-hybridized carbons (Fsp3) is 0.227. The van der Waals surface area contributed by atoms with E-state index in [1.54, 1.807) is 35.7 Å². The summed E-state index contributed by atoms with van der Waals surface area (Å²) in [6.45, 7) is 0.323. The number of nitrogens with zero attached hydrogens (tertiary/aromatic N) is 2. The first-order chi connectivity index (χ1) is 15.9. The van der Waals surface area contributed by atoms with Crippen LogP contribution >= 0.6 is 11.3 Å². The Morgan fingerprint density at radius 3 is 2.52 bits per heavy atom. The number of nitrogens with one attached hydrogen (secondary N) is 3. The van der Waals surface area contributed by atoms with Gasteiger partial charge in [-0.25, -0.2) is 14.8 Å². The van der Waals surface area contributed by atoms with Gasteiger partial charge in [-0.15, -0.1) is 11.3 Å². The van der Waals surface area contributed by atoms with Crippen LogP contribution in [0.25, 0.3) is 0 Å². The van der Waals surface area contributed by atoms with Gasteiger partial charge >= 0.3 is 5.97 Å². The minimum Gasteiger partial charge on any atom is -0.508 e. The van der Waals surface area contributed by atoms with Gasteiger partial charge in [0.1, 0.15) is 11.8 Å². The molecule has 3 aromatic rings. The standard InChI is InChI=1S/C22H23N5O5S/c28-16-6-1-4-14(10-16)5-2-8-23-22-25-11-15(12-26-22)19(29)27-17(21(31)32)13-24-20(30)18-7-3-9-33-18/h1,3-4,6-7,9-12,17,28H,2,5,8,13H2,(H,24,30)(H,27,29)(H,31,32)(H,23,25,26)/t17-/m0/s1. The van der Waals surface area contributed by atoms with Gasteiger partial charge in [-0.1, -0.05) is 18.2 Å². The van der Waals surface area contributed by atoms with Crippen LogP contribution in [0.2, 0.25) is 0 Å². The number of phenolic OH excluding ortho intramolecular Hbond substituents is 1. The van der Waals surface area contributed by atoms with Crippen LogP contribution in [0, 0.1) is 0 Å². The van der Waals surface area contributed by atoms with Gasteiger partial charge < -0.3 is 26.2 Å². The molecule has 2 aromatic heterocycles. The zero-order chi connectivity index (χ0) is 23.6. The maximum atomic E-state index is 12.4. The summed E-state index contributed by atoms with van der Waals surface area (Å²) in [4.78, 5) is 44.4. The van der Waals surface area contributed by atoms with E-state index in [9.17, 15) is 24.6 Å². The lowest BCUT2D eigenvalue weighted by molar-refractivity contribution is -0.139. The Bertz CT molecular complexity index is 1090. The van der Waals surface area contributed by atoms with E-state index in [1.165, 1.54) is 23.7 Å². The minimum atomic E-state index is -1.31. The number of hydrogen-bond donors (Lipinski definition) is 5. The third-order valence-corrected chi connectivity index (χ3v) is 5.43. The van der Waals surface area contributed by atoms with Gasteiger partial charge in [-0.2, -0.15) is 0 Å². The second-order valence-electron chi connectivity index (χ2n) is 7.05. The average Bonchev–Trinajstić information content (AvgIpc) is 3.34. The highest BCUT2D eigenvalue weighted by Gasteiger charge is 2.22. The van der Waals surface area contributed by atoms with Crippen molar-refractivity contribution in [2.75, 3.05) is 18.4 Å². The Morgan fingerprint density at radius 1 is 1.06 bits per heavy atom. The van der Waals surface area contributed by atoms with Crippen molar-refractivity contribution in [3.05, 3.63) is 70.2 Å². The number of thiophene rings is 1. The number of phenols is 1. The van der Waals surface area contributed by atoms with Crippen molar-refractivity contribution >= 4 is 35.1 Å². The number of carbonyl (C=O) groups excluding carboxylic acids is 2. The topological polar surface area (TPSA) is 154 Å². The van der Waals surface area contributed by atoms with E-state index in [0.29, 0.717) is 17.4 Å². The van der Waals surface area contributed by atoms with Crippen LogP contribution < -0.4 is 16.0 Å². The molecule has 1 aromatic carbocycles. The molecular formula is C22H23N5O5S. The molecule has 0 fully saturated rings. The van der Waals surface area contributed by atoms with Gasteiger partial charge in [0.25, 0.3) is 11.8 Å². The summed E-state index contributed by atoms with van der Waals surface area (Å²) in [5, 5.41) is 28.5. The van der Waals surface area contributed by atoms with Crippen molar-refractivity contribution in [2.45, 2.75) is 18.9 Å². The second kappa shape index (κ2) is 11.6. The number of aryl methyl sites for hydroxylation is 1. The highest BCUT2D eigenvalue weighted by atomic mass is 32.1. The molecule has 172 valence electrons. The molecule has 0 spiro atoms. The number of rotatable bonds is 11. The van der Waals surface area contributed by atoms with Crippen molar-refractivity contribution in [1.29, 1.82) is 0 Å². The van der Waals surface area contributed by atoms with Crippen LogP contribution in [0.3, 0.4) is 0 Å². The molecule has 0 saturated heterocycles. The summed E-state index contributed by atoms with van der Waals surface area (Å²) in [5.74, 6) is -1.79. The monoisotopic (exact) mass is 469 g/mol. The molecule has 2 amide bonds. The normalized spacial score (nSPS) is 11.4. The van der Waals surface area contributed by atoms with Crippen LogP contribution in [-0.2, 0) is 11.2 Å². The zero-order valence-corrected chi connectivity index (χ0v) is 18.3. The molecule has 33 heavy (non-hydrogen) atoms. The Hall–Kier alpha value is -3.99. The first kappa shape index (κ1) is 23.7. The number of carboxylic acid groups (broad SMARTS) is 1. The summed E-state index contributed by atoms with van der Waals surface area (Å²) in [7, 11) is 0. The molecule has 0 radical (unpaired) electrons. The highest BCUT2D eigenvalue weighted by molar-refractivity contribution is 7.12. The van der Waals surface area contributed by atoms with Crippen molar-refractivity contribution in [2.24, 2.45) is 0 Å². The van der Waals surface area contributed by atoms with Gasteiger partial charge in [-0.05, 0) is 42.0 Å². The summed E-state index contributed by atoms with van der Waals surface area (Å²) in [6, 6.07) is 9.07. The number of hydrogen-bond acceptors (Lipinski definition) is 8. The molecule has 10 nitrogen and oxygen atoms in total. The number of aliphatic carboxylic acids is 1. The lowest BCUT2D eigenvalue weighted by Gasteiger charge is -2.15. The minimum absolute atomic E-state index is 0.0937. The van der Waals surface area contributed by atoms with Gasteiger partial charge in [-0.3, -0.25) is 9.59 Å². The number of amides is 2. The van der Waals surface area contributed by atoms with Crippen LogP contribution in [0.5, 0.6) is 5.75 Å². The molecule has 1 atom stereocenters. The van der Waals surface area contributed by atoms with E-state index in [4.69, 9.17) is 0 Å². The van der Waals surface area contributed by atoms with Crippen LogP contribution in [-0.4, -0.2) is 57.1 Å². The summed E-state index contributed by atoms with van der Waals surface area (Å²) in [5.41, 5.74) is 1.11. The Morgan fingerprint density at radius 2 is 1.85 bits per heavy atom. The number of aromatic nitrogens is 2. The predicted octanol–water partition coefficient (Wildman–Crippen LogP) is 1.90. The van der Waals surface area contributed by atoms with Crippen molar-refractivity contribution in [1.82, 2.24) is 20.6 Å². The molecule has 0 aliphatic heterocycles. The van der Waals surface area contributed by atoms with E-state index >= 15 is 0 Å². The summed E-state index contributed by atoms with van der Waals surface area (Å²) >= 11 is 1.23. The highest BCUT2D eigenvalue weighted by Crippen LogP contribution is 2.12. The van der Waals surface area contributed by atoms with Gasteiger partial charge in [0.05, 0.1) is 10.4 Å². The van der Waals surface area contributed by atoms with Crippen LogP contribution in [0.15, 0.2) is 54.2 Å². The molecule has 0 aliphatic rings. The molecule has 2 heterocycles. The summed E-state index contributed by atoms with van der Waals surface area (Å²) in [6.07, 6.45) is 4.14. The lowest BCUT2D eigenvalue weighted by atomic mass is 10.1. The van der Waals surface area contributed by atoms with Gasteiger partial charge in [0.15, 0.2) is 0 Å². The second-order valence-corrected chi connectivity index (χ2v) is 7.99. The molecule has 11 heteroatoms. The van der Waals surface area contributed by atoms with Crippen LogP contribution in [0.1, 0.15) is 32.0 Å². The molecule has 5 N–H and O–H groups in total. The zero-order valence-electron chi connectivity index (χ0n) is 17.5. The first-order valence-electron chi connectivity index (χ1n) is 10.1. The average molecular weight is 470 g/mol. The van der Waals surface area contributed by atoms with Gasteiger partial charge in [0.2, 0.25) is 5.95 Å². The molecule has 0 saturated carbocycles. The SMILES string of the molecule is O=C(N[C@@H](CNC(=O)c1cccs1)C(=O)O)c1cnc(NCCCc2cccc(O)c2)nc1. The van der Waals surface area contributed by atoms with Crippen molar-refractivity contribution in [3.63, 3.8) is 0 Å². The third-order valence-electron chi connectivity index (χ3n) is 4.57. The van der Waals surface area contributed by atoms with E-state index in [-0.39, 0.29) is 17.9 Å². The molecule has 3 rings (SSSR count). The number of carboxylic acids is 1. The summed E-state index contributed by atoms with van der Waals surface area (Å²) < 4.78 is 0. The Balaban J connectivity index is 1.45. The fourth-order valence-electron chi connectivity index (χ4n) is 2.87. The molecule has 0 unspecified atom stereocenters. The molecule has 0 bridgehead atoms. The maximum Gasteiger partial charge on any atom is 0.328 e. The number of anilines is 1. The number of aromatic hydroxyl groups is 1. The molecular weight excluding hydrogens is 446 g/mol. The van der Waals surface area contributed by atoms with E-state index < -0.39 is 23.8 Å². The van der Waals surface area contributed by atoms with Crippen LogP contribution in [0.4, 0.5) is 5.95 Å². The van der Waals surface area contributed by atoms with Crippen molar-refractivity contribution in [3.8, 4) is 5.75 Å². The first-order valence-corrected chi connectivity index (χ1v) is 11.0. The number of benzene rings is 1. The smallest absolute Gasteiger partial charge is 0.328 e. The van der Waals surface area contributed by atoms with E-state index in [2.05, 4.69) is 25.9 Å². The lowest BCUT2D eigenvalue weighted by Crippen LogP contribution is -2.48. The van der Waals surface area contributed by atoms with Gasteiger partial charge in [0, 0.05) is 25.5 Å². The Kier molecular flexibility index (Phi) is 8.30. The van der Waals surface area contributed by atoms with Crippen molar-refractivity contribution < 1.29 is 24.6 Å². The predicted molar refractivity (Wildman–Crippen MR) is 122 cm³/mol. The quantitative estimate of drug-likeness (QED) is 0.267. The third kappa shape index (κ3) is 7.28. The van der Waals surface area contributed by atoms with E-state index in [1.807, 2.05) is 6.07 Å². The number of carbonyl (C=O) groups is 3. The Labute approximate surface area is 193 Å². The largest absolute Gasteiger partial charge is 0.508 e. The van der Waals surface area contributed by atoms with E-state index in [0.717, 1.165) is 18.4 Å². The molecule has 0 aliphatic carbocycles. The fourth-order valence-corrected chi connectivity index (χ4v) is 3.51.